The summed E-state index contributed by atoms with van der Waals surface area (Å²) in [6, 6.07) is 13.8. The van der Waals surface area contributed by atoms with Crippen LogP contribution >= 0.6 is 0 Å². The van der Waals surface area contributed by atoms with Gasteiger partial charge < -0.3 is 10.2 Å². The molecule has 3 N–H and O–H groups in total. The number of carbonyl (C=O) groups excluding carboxylic acids is 1. The molecule has 0 atom stereocenters. The molecule has 0 unspecified atom stereocenters. The summed E-state index contributed by atoms with van der Waals surface area (Å²) in [7, 11) is 0. The molecule has 182 valence electrons. The van der Waals surface area contributed by atoms with Crippen molar-refractivity contribution in [1.29, 1.82) is 0 Å². The number of carboxylic acids is 1. The molecule has 0 spiro atoms. The highest BCUT2D eigenvalue weighted by atomic mass is 19.1. The Hall–Kier alpha value is -4.53. The van der Waals surface area contributed by atoms with Gasteiger partial charge >= 0.3 is 11.9 Å². The number of benzene rings is 3. The average Bonchev–Trinajstić information content (AvgIpc) is 3.17. The Bertz CT molecular complexity index is 1450. The fraction of sp³-hybridized carbons (Fsp3) is 0.185. The number of nitrogens with zero attached hydrogens (tertiary/aromatic N) is 3. The first-order valence-electron chi connectivity index (χ1n) is 11.5. The van der Waals surface area contributed by atoms with Crippen LogP contribution in [0.5, 0.6) is 5.75 Å². The SMILES string of the molecule is CC1=NN(c2ccc3c(c2)CCCC3)C(=O)C1=NNc1cc(F)cc(-c2ccc(C(=O)O)cc2)c1O. The van der Waals surface area contributed by atoms with Gasteiger partial charge in [0.15, 0.2) is 5.71 Å². The highest BCUT2D eigenvalue weighted by molar-refractivity contribution is 6.71. The van der Waals surface area contributed by atoms with Gasteiger partial charge in [-0.15, -0.1) is 0 Å². The third kappa shape index (κ3) is 4.31. The van der Waals surface area contributed by atoms with Gasteiger partial charge in [0.05, 0.1) is 17.0 Å². The van der Waals surface area contributed by atoms with Gasteiger partial charge in [0, 0.05) is 11.6 Å². The molecule has 0 saturated carbocycles. The van der Waals surface area contributed by atoms with E-state index in [9.17, 15) is 19.1 Å². The van der Waals surface area contributed by atoms with E-state index in [1.54, 1.807) is 6.92 Å². The Labute approximate surface area is 206 Å². The van der Waals surface area contributed by atoms with E-state index in [1.807, 2.05) is 18.2 Å². The molecule has 1 aliphatic heterocycles. The van der Waals surface area contributed by atoms with Crippen molar-refractivity contribution in [3.05, 3.63) is 77.1 Å². The molecule has 9 heteroatoms. The van der Waals surface area contributed by atoms with Gasteiger partial charge in [0.2, 0.25) is 0 Å². The second-order valence-electron chi connectivity index (χ2n) is 8.77. The first kappa shape index (κ1) is 23.2. The minimum atomic E-state index is -1.09. The number of carboxylic acid groups (broad SMARTS) is 1. The number of hydrazone groups is 2. The molecule has 0 radical (unpaired) electrons. The number of nitrogens with one attached hydrogen (secondary N) is 1. The summed E-state index contributed by atoms with van der Waals surface area (Å²) in [5.74, 6) is -2.47. The van der Waals surface area contributed by atoms with Crippen LogP contribution in [0.25, 0.3) is 11.1 Å². The van der Waals surface area contributed by atoms with Crippen molar-refractivity contribution >= 4 is 34.7 Å². The van der Waals surface area contributed by atoms with Crippen LogP contribution in [-0.4, -0.2) is 33.5 Å². The second-order valence-corrected chi connectivity index (χ2v) is 8.77. The number of phenolic OH excluding ortho intramolecular Hbond substituents is 1. The van der Waals surface area contributed by atoms with Crippen molar-refractivity contribution in [2.24, 2.45) is 10.2 Å². The number of aryl methyl sites for hydroxylation is 2. The number of carbonyl (C=O) groups is 2. The fourth-order valence-electron chi connectivity index (χ4n) is 4.47. The van der Waals surface area contributed by atoms with E-state index in [0.717, 1.165) is 37.8 Å². The van der Waals surface area contributed by atoms with Crippen molar-refractivity contribution in [2.45, 2.75) is 32.6 Å². The normalized spacial score (nSPS) is 16.2. The maximum Gasteiger partial charge on any atom is 0.335 e. The van der Waals surface area contributed by atoms with Gasteiger partial charge in [-0.1, -0.05) is 18.2 Å². The van der Waals surface area contributed by atoms with Crippen molar-refractivity contribution in [3.8, 4) is 16.9 Å². The van der Waals surface area contributed by atoms with Gasteiger partial charge in [-0.3, -0.25) is 10.2 Å². The second kappa shape index (κ2) is 9.26. The number of rotatable bonds is 5. The zero-order valence-corrected chi connectivity index (χ0v) is 19.5. The Balaban J connectivity index is 1.40. The van der Waals surface area contributed by atoms with Crippen molar-refractivity contribution < 1.29 is 24.2 Å². The molecular weight excluding hydrogens is 463 g/mol. The van der Waals surface area contributed by atoms with E-state index in [-0.39, 0.29) is 28.3 Å². The number of halogens is 1. The lowest BCUT2D eigenvalue weighted by Gasteiger charge is -2.19. The van der Waals surface area contributed by atoms with E-state index in [2.05, 4.69) is 15.6 Å². The summed E-state index contributed by atoms with van der Waals surface area (Å²) in [5, 5.41) is 29.6. The summed E-state index contributed by atoms with van der Waals surface area (Å²) in [6.07, 6.45) is 4.28. The minimum absolute atomic E-state index is 0.0451. The molecule has 1 amide bonds. The van der Waals surface area contributed by atoms with Gasteiger partial charge in [0.1, 0.15) is 17.3 Å². The molecular formula is C27H23FN4O4. The van der Waals surface area contributed by atoms with E-state index < -0.39 is 17.7 Å². The van der Waals surface area contributed by atoms with E-state index in [0.29, 0.717) is 17.0 Å². The number of hydrogen-bond acceptors (Lipinski definition) is 6. The van der Waals surface area contributed by atoms with Gasteiger partial charge in [-0.2, -0.15) is 15.2 Å². The molecule has 0 saturated heterocycles. The Kier molecular flexibility index (Phi) is 5.97. The first-order chi connectivity index (χ1) is 17.3. The summed E-state index contributed by atoms with van der Waals surface area (Å²) in [5.41, 5.74) is 6.77. The molecule has 3 aromatic rings. The van der Waals surface area contributed by atoms with Gasteiger partial charge in [0.25, 0.3) is 0 Å². The maximum absolute atomic E-state index is 14.4. The fourth-order valence-corrected chi connectivity index (χ4v) is 4.47. The van der Waals surface area contributed by atoms with Crippen LogP contribution in [0.2, 0.25) is 0 Å². The molecule has 1 aliphatic carbocycles. The number of aromatic hydroxyl groups is 1. The maximum atomic E-state index is 14.4. The van der Waals surface area contributed by atoms with Gasteiger partial charge in [-0.25, -0.2) is 9.18 Å². The third-order valence-electron chi connectivity index (χ3n) is 6.37. The standard InChI is InChI=1S/C27H23FN4O4/c1-15-24(26(34)32(31-15)21-11-10-16-4-2-3-5-19(16)12-21)30-29-23-14-20(28)13-22(25(23)33)17-6-8-18(9-7-17)27(35)36/h6-14,29,33H,2-5H2,1H3,(H,35,36). The summed E-state index contributed by atoms with van der Waals surface area (Å²) < 4.78 is 14.4. The number of phenols is 1. The van der Waals surface area contributed by atoms with Crippen molar-refractivity contribution in [3.63, 3.8) is 0 Å². The largest absolute Gasteiger partial charge is 0.505 e. The van der Waals surface area contributed by atoms with Crippen LogP contribution in [0.3, 0.4) is 0 Å². The third-order valence-corrected chi connectivity index (χ3v) is 6.37. The molecule has 3 aromatic carbocycles. The van der Waals surface area contributed by atoms with E-state index >= 15 is 0 Å². The van der Waals surface area contributed by atoms with Crippen LogP contribution in [0.4, 0.5) is 15.8 Å². The van der Waals surface area contributed by atoms with Crippen LogP contribution in [-0.2, 0) is 17.6 Å². The Morgan fingerprint density at radius 1 is 1.06 bits per heavy atom. The molecule has 0 bridgehead atoms. The van der Waals surface area contributed by atoms with E-state index in [1.165, 1.54) is 40.4 Å². The lowest BCUT2D eigenvalue weighted by atomic mass is 9.91. The topological polar surface area (TPSA) is 115 Å². The van der Waals surface area contributed by atoms with Crippen LogP contribution in [0, 0.1) is 5.82 Å². The quantitative estimate of drug-likeness (QED) is 0.348. The minimum Gasteiger partial charge on any atom is -0.505 e. The summed E-state index contributed by atoms with van der Waals surface area (Å²) in [4.78, 5) is 24.2. The predicted molar refractivity (Wildman–Crippen MR) is 135 cm³/mol. The zero-order chi connectivity index (χ0) is 25.4. The molecule has 8 nitrogen and oxygen atoms in total. The van der Waals surface area contributed by atoms with Crippen LogP contribution in [0.1, 0.15) is 41.3 Å². The smallest absolute Gasteiger partial charge is 0.335 e. The lowest BCUT2D eigenvalue weighted by molar-refractivity contribution is -0.112. The van der Waals surface area contributed by atoms with Gasteiger partial charge in [-0.05, 0) is 79.6 Å². The molecule has 2 aliphatic rings. The average molecular weight is 487 g/mol. The highest BCUT2D eigenvalue weighted by Gasteiger charge is 2.31. The molecule has 1 heterocycles. The Morgan fingerprint density at radius 2 is 1.78 bits per heavy atom. The van der Waals surface area contributed by atoms with Crippen LogP contribution < -0.4 is 10.4 Å². The number of hydrogen-bond donors (Lipinski definition) is 3. The number of anilines is 2. The predicted octanol–water partition coefficient (Wildman–Crippen LogP) is 4.97. The zero-order valence-electron chi connectivity index (χ0n) is 19.5. The molecule has 36 heavy (non-hydrogen) atoms. The van der Waals surface area contributed by atoms with E-state index in [4.69, 9.17) is 5.11 Å². The number of fused-ring (bicyclic) bond motifs is 1. The Morgan fingerprint density at radius 3 is 2.50 bits per heavy atom. The number of aromatic carboxylic acids is 1. The summed E-state index contributed by atoms with van der Waals surface area (Å²) >= 11 is 0. The van der Waals surface area contributed by atoms with Crippen LogP contribution in [0.15, 0.2) is 64.8 Å². The number of amides is 1. The lowest BCUT2D eigenvalue weighted by Crippen LogP contribution is -2.28. The molecule has 0 fully saturated rings. The van der Waals surface area contributed by atoms with Crippen molar-refractivity contribution in [1.82, 2.24) is 0 Å². The summed E-state index contributed by atoms with van der Waals surface area (Å²) in [6.45, 7) is 1.65. The van der Waals surface area contributed by atoms with Crippen molar-refractivity contribution in [2.75, 3.05) is 10.4 Å². The first-order valence-corrected chi connectivity index (χ1v) is 11.5. The monoisotopic (exact) mass is 486 g/mol. The molecule has 0 aromatic heterocycles. The highest BCUT2D eigenvalue weighted by Crippen LogP contribution is 2.37. The molecule has 5 rings (SSSR count).